The van der Waals surface area contributed by atoms with Gasteiger partial charge in [-0.05, 0) is 61.3 Å². The first-order valence-electron chi connectivity index (χ1n) is 9.53. The van der Waals surface area contributed by atoms with Crippen LogP contribution >= 0.6 is 0 Å². The predicted molar refractivity (Wildman–Crippen MR) is 103 cm³/mol. The molecule has 0 aromatic rings. The van der Waals surface area contributed by atoms with E-state index >= 15 is 0 Å². The third kappa shape index (κ3) is 5.30. The highest BCUT2D eigenvalue weighted by Gasteiger charge is 2.49. The fourth-order valence-electron chi connectivity index (χ4n) is 5.09. The molecule has 0 aliphatic heterocycles. The first kappa shape index (κ1) is 22.1. The van der Waals surface area contributed by atoms with Crippen LogP contribution in [-0.4, -0.2) is 7.11 Å². The molecule has 0 bridgehead atoms. The Morgan fingerprint density at radius 3 is 2.30 bits per heavy atom. The van der Waals surface area contributed by atoms with Gasteiger partial charge >= 0.3 is 0 Å². The van der Waals surface area contributed by atoms with E-state index in [0.29, 0.717) is 5.41 Å². The Morgan fingerprint density at radius 2 is 1.74 bits per heavy atom. The van der Waals surface area contributed by atoms with Gasteiger partial charge in [0.15, 0.2) is 0 Å². The van der Waals surface area contributed by atoms with Gasteiger partial charge in [-0.25, -0.2) is 0 Å². The summed E-state index contributed by atoms with van der Waals surface area (Å²) < 4.78 is 5.33. The van der Waals surface area contributed by atoms with Gasteiger partial charge in [0.25, 0.3) is 0 Å². The molecule has 0 amide bonds. The molecule has 0 heterocycles. The maximum Gasteiger partial charge on any atom is 0.0884 e. The summed E-state index contributed by atoms with van der Waals surface area (Å²) in [4.78, 5) is 0. The van der Waals surface area contributed by atoms with Crippen LogP contribution in [0.1, 0.15) is 80.1 Å². The van der Waals surface area contributed by atoms with Crippen LogP contribution in [-0.2, 0) is 4.74 Å². The third-order valence-electron chi connectivity index (χ3n) is 6.36. The highest BCUT2D eigenvalue weighted by molar-refractivity contribution is 5.02. The molecule has 1 nitrogen and oxygen atoms in total. The Labute approximate surface area is 146 Å². The molecule has 0 spiro atoms. The second kappa shape index (κ2) is 10.8. The molecule has 0 saturated heterocycles. The third-order valence-corrected chi connectivity index (χ3v) is 6.36. The van der Waals surface area contributed by atoms with Crippen LogP contribution in [0.15, 0.2) is 11.8 Å². The van der Waals surface area contributed by atoms with E-state index in [0.717, 1.165) is 29.4 Å². The fraction of sp³-hybridized carbons (Fsp3) is 0.818. The van der Waals surface area contributed by atoms with Crippen molar-refractivity contribution in [1.29, 1.82) is 0 Å². The minimum Gasteiger partial charge on any atom is -0.502 e. The Hall–Kier alpha value is -0.900. The zero-order valence-corrected chi connectivity index (χ0v) is 16.7. The lowest BCUT2D eigenvalue weighted by Crippen LogP contribution is -2.47. The van der Waals surface area contributed by atoms with Crippen LogP contribution in [0, 0.1) is 41.9 Å². The van der Waals surface area contributed by atoms with E-state index in [2.05, 4.69) is 46.6 Å². The average Bonchev–Trinajstić information content (AvgIpc) is 2.57. The summed E-state index contributed by atoms with van der Waals surface area (Å²) >= 11 is 0. The van der Waals surface area contributed by atoms with Gasteiger partial charge in [-0.15, -0.1) is 12.8 Å². The van der Waals surface area contributed by atoms with Crippen LogP contribution in [0.3, 0.4) is 0 Å². The van der Waals surface area contributed by atoms with E-state index in [4.69, 9.17) is 4.74 Å². The molecular formula is C22H40O. The van der Waals surface area contributed by atoms with Crippen LogP contribution in [0.4, 0.5) is 0 Å². The SMILES string of the molecule is C#C.CC.CO/C(C)=C\C[C@H]1[C@@H](C)CCC2[C@@H](C)CCC[C@@]21C. The Kier molecular flexibility index (Phi) is 10.4. The molecule has 134 valence electrons. The first-order chi connectivity index (χ1) is 11.0. The van der Waals surface area contributed by atoms with Crippen molar-refractivity contribution >= 4 is 0 Å². The molecule has 2 aliphatic rings. The van der Waals surface area contributed by atoms with E-state index in [1.54, 1.807) is 7.11 Å². The number of methoxy groups -OCH3 is 1. The number of allylic oxidation sites excluding steroid dienone is 2. The van der Waals surface area contributed by atoms with Crippen molar-refractivity contribution in [1.82, 2.24) is 0 Å². The number of fused-ring (bicyclic) bond motifs is 1. The number of hydrogen-bond acceptors (Lipinski definition) is 1. The summed E-state index contributed by atoms with van der Waals surface area (Å²) in [6, 6.07) is 0. The monoisotopic (exact) mass is 320 g/mol. The molecule has 5 atom stereocenters. The number of terminal acetylenes is 1. The van der Waals surface area contributed by atoms with Crippen molar-refractivity contribution in [3.63, 3.8) is 0 Å². The lowest BCUT2D eigenvalue weighted by molar-refractivity contribution is -0.0551. The van der Waals surface area contributed by atoms with Crippen LogP contribution in [0.5, 0.6) is 0 Å². The highest BCUT2D eigenvalue weighted by atomic mass is 16.5. The van der Waals surface area contributed by atoms with Crippen molar-refractivity contribution in [2.24, 2.45) is 29.1 Å². The van der Waals surface area contributed by atoms with Gasteiger partial charge < -0.3 is 4.74 Å². The Morgan fingerprint density at radius 1 is 1.13 bits per heavy atom. The molecule has 0 aromatic carbocycles. The zero-order chi connectivity index (χ0) is 18.0. The zero-order valence-electron chi connectivity index (χ0n) is 16.7. The summed E-state index contributed by atoms with van der Waals surface area (Å²) in [5.74, 6) is 4.69. The van der Waals surface area contributed by atoms with Crippen LogP contribution in [0.2, 0.25) is 0 Å². The normalized spacial score (nSPS) is 36.5. The van der Waals surface area contributed by atoms with E-state index < -0.39 is 0 Å². The maximum absolute atomic E-state index is 5.33. The largest absolute Gasteiger partial charge is 0.502 e. The molecular weight excluding hydrogens is 280 g/mol. The quantitative estimate of drug-likeness (QED) is 0.416. The van der Waals surface area contributed by atoms with Crippen molar-refractivity contribution in [2.45, 2.75) is 80.1 Å². The summed E-state index contributed by atoms with van der Waals surface area (Å²) in [5.41, 5.74) is 0.569. The van der Waals surface area contributed by atoms with Gasteiger partial charge in [-0.3, -0.25) is 0 Å². The van der Waals surface area contributed by atoms with E-state index in [9.17, 15) is 0 Å². The minimum atomic E-state index is 0.569. The Bertz CT molecular complexity index is 367. The molecule has 0 N–H and O–H groups in total. The van der Waals surface area contributed by atoms with Crippen LogP contribution < -0.4 is 0 Å². The standard InChI is InChI=1S/C18H32O.C2H6.C2H2/c1-13-7-6-12-18(4)16(13)10-8-14(2)17(18)11-9-15(3)19-5;2*1-2/h9,13-14,16-17H,6-8,10-12H2,1-5H3;1-2H3;1-2H/b15-9-;;/t13-,14-,16?,17-,18-;;/m0../s1. The van der Waals surface area contributed by atoms with Gasteiger partial charge in [0.2, 0.25) is 0 Å². The van der Waals surface area contributed by atoms with Crippen molar-refractivity contribution in [3.8, 4) is 12.8 Å². The second-order valence-corrected chi connectivity index (χ2v) is 7.40. The van der Waals surface area contributed by atoms with E-state index in [-0.39, 0.29) is 0 Å². The van der Waals surface area contributed by atoms with Gasteiger partial charge in [-0.2, -0.15) is 0 Å². The maximum atomic E-state index is 5.33. The van der Waals surface area contributed by atoms with Gasteiger partial charge in [0, 0.05) is 0 Å². The van der Waals surface area contributed by atoms with Crippen molar-refractivity contribution < 1.29 is 4.74 Å². The van der Waals surface area contributed by atoms with Crippen molar-refractivity contribution in [2.75, 3.05) is 7.11 Å². The lowest BCUT2D eigenvalue weighted by atomic mass is 9.50. The summed E-state index contributed by atoms with van der Waals surface area (Å²) in [5, 5.41) is 0. The number of hydrogen-bond donors (Lipinski definition) is 0. The molecule has 2 fully saturated rings. The minimum absolute atomic E-state index is 0.569. The van der Waals surface area contributed by atoms with Gasteiger partial charge in [0.1, 0.15) is 0 Å². The summed E-state index contributed by atoms with van der Waals surface area (Å²) in [6.07, 6.45) is 18.8. The smallest absolute Gasteiger partial charge is 0.0884 e. The molecule has 0 aromatic heterocycles. The molecule has 0 radical (unpaired) electrons. The predicted octanol–water partition coefficient (Wildman–Crippen LogP) is 6.69. The molecule has 1 heteroatoms. The highest BCUT2D eigenvalue weighted by Crippen LogP contribution is 2.58. The number of ether oxygens (including phenoxy) is 1. The summed E-state index contributed by atoms with van der Waals surface area (Å²) in [7, 11) is 1.78. The first-order valence-corrected chi connectivity index (χ1v) is 9.53. The van der Waals surface area contributed by atoms with E-state index in [1.807, 2.05) is 13.8 Å². The molecule has 2 rings (SSSR count). The summed E-state index contributed by atoms with van der Waals surface area (Å²) in [6.45, 7) is 13.6. The van der Waals surface area contributed by atoms with Gasteiger partial charge in [0.05, 0.1) is 12.9 Å². The average molecular weight is 321 g/mol. The van der Waals surface area contributed by atoms with Crippen LogP contribution in [0.25, 0.3) is 0 Å². The molecule has 2 saturated carbocycles. The molecule has 23 heavy (non-hydrogen) atoms. The lowest BCUT2D eigenvalue weighted by Gasteiger charge is -2.55. The van der Waals surface area contributed by atoms with Crippen molar-refractivity contribution in [3.05, 3.63) is 11.8 Å². The number of rotatable bonds is 3. The Balaban J connectivity index is 0.00000112. The molecule has 2 aliphatic carbocycles. The second-order valence-electron chi connectivity index (χ2n) is 7.40. The van der Waals surface area contributed by atoms with Gasteiger partial charge in [-0.1, -0.05) is 53.9 Å². The fourth-order valence-corrected chi connectivity index (χ4v) is 5.09. The van der Waals surface area contributed by atoms with E-state index in [1.165, 1.54) is 38.5 Å². The topological polar surface area (TPSA) is 9.23 Å². The molecule has 1 unspecified atom stereocenters.